The summed E-state index contributed by atoms with van der Waals surface area (Å²) in [5, 5.41) is 3.65. The molecule has 1 aliphatic carbocycles. The number of carbonyl (C=O) groups excluding carboxylic acids is 1. The smallest absolute Gasteiger partial charge is 0.261 e. The van der Waals surface area contributed by atoms with Crippen LogP contribution >= 0.6 is 0 Å². The fourth-order valence-electron chi connectivity index (χ4n) is 6.42. The molecule has 1 saturated heterocycles. The number of aromatic nitrogens is 1. The van der Waals surface area contributed by atoms with Crippen molar-refractivity contribution in [1.29, 1.82) is 0 Å². The molecule has 2 aromatic rings. The van der Waals surface area contributed by atoms with E-state index in [9.17, 15) is 18.4 Å². The predicted octanol–water partition coefficient (Wildman–Crippen LogP) is 5.01. The molecule has 0 unspecified atom stereocenters. The number of rotatable bonds is 7. The monoisotopic (exact) mass is 554 g/mol. The number of likely N-dealkylation sites (tertiary alicyclic amines) is 1. The summed E-state index contributed by atoms with van der Waals surface area (Å²) in [5.41, 5.74) is 8.20. The van der Waals surface area contributed by atoms with Crippen LogP contribution in [0.4, 0.5) is 20.2 Å². The van der Waals surface area contributed by atoms with Crippen LogP contribution < -0.4 is 16.6 Å². The van der Waals surface area contributed by atoms with Crippen molar-refractivity contribution in [2.24, 2.45) is 10.7 Å². The Labute approximate surface area is 234 Å². The van der Waals surface area contributed by atoms with Crippen LogP contribution in [0.5, 0.6) is 0 Å². The van der Waals surface area contributed by atoms with Crippen molar-refractivity contribution in [3.63, 3.8) is 0 Å². The van der Waals surface area contributed by atoms with Crippen LogP contribution in [0.25, 0.3) is 0 Å². The number of aliphatic imine (C=N–C) groups is 1. The normalized spacial score (nSPS) is 22.3. The van der Waals surface area contributed by atoms with E-state index >= 15 is 0 Å². The molecule has 216 valence electrons. The number of piperidine rings is 1. The standard InChI is InChI=1S/C30H40F2N6O2/c1-4-29(13-16-37(5-2)17-14-29)36-23-8-15-34-26(39)24(23)25(33)35-21-6-7-22-20(18-21)19-38(27(22)40)28(3)9-11-30(31,32)12-10-28/h6-8,15,18H,4-5,9-14,16-17,19H2,1-3H3,(H2,33,35)(H2,34,36,39). The van der Waals surface area contributed by atoms with Crippen molar-refractivity contribution in [2.75, 3.05) is 25.0 Å². The third kappa shape index (κ3) is 5.38. The molecule has 2 aliphatic heterocycles. The van der Waals surface area contributed by atoms with Crippen LogP contribution in [0.2, 0.25) is 0 Å². The molecule has 1 amide bonds. The number of hydrogen-bond donors (Lipinski definition) is 3. The van der Waals surface area contributed by atoms with E-state index in [1.807, 2.05) is 13.0 Å². The summed E-state index contributed by atoms with van der Waals surface area (Å²) in [6, 6.07) is 7.06. The summed E-state index contributed by atoms with van der Waals surface area (Å²) in [6.07, 6.45) is 4.56. The highest BCUT2D eigenvalue weighted by Gasteiger charge is 2.47. The fraction of sp³-hybridized carbons (Fsp3) is 0.567. The number of halogens is 2. The van der Waals surface area contributed by atoms with E-state index in [4.69, 9.17) is 5.73 Å². The number of fused-ring (bicyclic) bond motifs is 1. The molecule has 8 nitrogen and oxygen atoms in total. The topological polar surface area (TPSA) is 107 Å². The quantitative estimate of drug-likeness (QED) is 0.330. The number of alkyl halides is 2. The number of carbonyl (C=O) groups is 1. The van der Waals surface area contributed by atoms with E-state index in [0.29, 0.717) is 29.0 Å². The van der Waals surface area contributed by atoms with Crippen molar-refractivity contribution in [2.45, 2.75) is 89.3 Å². The summed E-state index contributed by atoms with van der Waals surface area (Å²) >= 11 is 0. The highest BCUT2D eigenvalue weighted by molar-refractivity contribution is 6.04. The summed E-state index contributed by atoms with van der Waals surface area (Å²) in [4.78, 5) is 37.6. The maximum atomic E-state index is 13.8. The number of nitrogens with one attached hydrogen (secondary N) is 2. The maximum absolute atomic E-state index is 13.8. The summed E-state index contributed by atoms with van der Waals surface area (Å²) in [5.74, 6) is -2.72. The van der Waals surface area contributed by atoms with Gasteiger partial charge in [-0.3, -0.25) is 9.59 Å². The van der Waals surface area contributed by atoms with Gasteiger partial charge in [-0.25, -0.2) is 13.8 Å². The second kappa shape index (κ2) is 10.6. The van der Waals surface area contributed by atoms with Gasteiger partial charge in [-0.2, -0.15) is 0 Å². The number of pyridine rings is 1. The lowest BCUT2D eigenvalue weighted by atomic mass is 9.80. The van der Waals surface area contributed by atoms with Gasteiger partial charge < -0.3 is 25.8 Å². The summed E-state index contributed by atoms with van der Waals surface area (Å²) < 4.78 is 27.6. The number of benzene rings is 1. The Bertz CT molecular complexity index is 1350. The lowest BCUT2D eigenvalue weighted by Gasteiger charge is -2.43. The van der Waals surface area contributed by atoms with Gasteiger partial charge in [0.25, 0.3) is 11.5 Å². The van der Waals surface area contributed by atoms with E-state index in [1.165, 1.54) is 0 Å². The largest absolute Gasteiger partial charge is 0.383 e. The number of hydrogen-bond acceptors (Lipinski definition) is 5. The van der Waals surface area contributed by atoms with Gasteiger partial charge in [0.2, 0.25) is 5.92 Å². The van der Waals surface area contributed by atoms with Crippen molar-refractivity contribution in [1.82, 2.24) is 14.8 Å². The third-order valence-corrected chi connectivity index (χ3v) is 9.41. The van der Waals surface area contributed by atoms with Crippen LogP contribution in [0.1, 0.15) is 87.2 Å². The molecule has 1 aromatic heterocycles. The minimum Gasteiger partial charge on any atom is -0.383 e. The van der Waals surface area contributed by atoms with Gasteiger partial charge in [0.15, 0.2) is 0 Å². The van der Waals surface area contributed by atoms with Crippen LogP contribution in [0, 0.1) is 0 Å². The number of aromatic amines is 1. The van der Waals surface area contributed by atoms with E-state index in [0.717, 1.165) is 44.5 Å². The molecule has 0 spiro atoms. The Balaban J connectivity index is 1.38. The van der Waals surface area contributed by atoms with Gasteiger partial charge in [-0.1, -0.05) is 13.8 Å². The molecule has 0 radical (unpaired) electrons. The summed E-state index contributed by atoms with van der Waals surface area (Å²) in [7, 11) is 0. The Morgan fingerprint density at radius 1 is 1.07 bits per heavy atom. The first-order valence-corrected chi connectivity index (χ1v) is 14.4. The Hall–Kier alpha value is -3.27. The third-order valence-electron chi connectivity index (χ3n) is 9.41. The molecule has 1 saturated carbocycles. The zero-order valence-corrected chi connectivity index (χ0v) is 23.7. The predicted molar refractivity (Wildman–Crippen MR) is 154 cm³/mol. The number of H-pyrrole nitrogens is 1. The van der Waals surface area contributed by atoms with Gasteiger partial charge in [0.1, 0.15) is 11.4 Å². The number of nitrogens with zero attached hydrogens (tertiary/aromatic N) is 3. The van der Waals surface area contributed by atoms with Crippen LogP contribution in [-0.4, -0.2) is 63.2 Å². The van der Waals surface area contributed by atoms with Crippen molar-refractivity contribution < 1.29 is 13.6 Å². The van der Waals surface area contributed by atoms with Crippen LogP contribution in [-0.2, 0) is 6.54 Å². The minimum atomic E-state index is -2.67. The second-order valence-corrected chi connectivity index (χ2v) is 11.9. The number of amides is 1. The van der Waals surface area contributed by atoms with E-state index < -0.39 is 11.5 Å². The first-order valence-electron chi connectivity index (χ1n) is 14.4. The minimum absolute atomic E-state index is 0.0872. The molecule has 2 fully saturated rings. The van der Waals surface area contributed by atoms with Gasteiger partial charge in [0, 0.05) is 55.3 Å². The fourth-order valence-corrected chi connectivity index (χ4v) is 6.42. The molecule has 0 atom stereocenters. The molecule has 4 N–H and O–H groups in total. The van der Waals surface area contributed by atoms with Gasteiger partial charge in [0.05, 0.1) is 11.4 Å². The van der Waals surface area contributed by atoms with Crippen molar-refractivity contribution >= 4 is 23.1 Å². The van der Waals surface area contributed by atoms with Crippen molar-refractivity contribution in [3.8, 4) is 0 Å². The van der Waals surface area contributed by atoms with Crippen LogP contribution in [0.3, 0.4) is 0 Å². The first kappa shape index (κ1) is 28.3. The lowest BCUT2D eigenvalue weighted by Crippen LogP contribution is -2.50. The molecule has 3 aliphatic rings. The molecule has 5 rings (SSSR count). The van der Waals surface area contributed by atoms with E-state index in [1.54, 1.807) is 29.3 Å². The van der Waals surface area contributed by atoms with Crippen LogP contribution in [0.15, 0.2) is 40.2 Å². The van der Waals surface area contributed by atoms with Gasteiger partial charge in [-0.05, 0) is 75.4 Å². The lowest BCUT2D eigenvalue weighted by molar-refractivity contribution is -0.0718. The molecule has 3 heterocycles. The van der Waals surface area contributed by atoms with Gasteiger partial charge in [-0.15, -0.1) is 0 Å². The Morgan fingerprint density at radius 3 is 2.42 bits per heavy atom. The Kier molecular flexibility index (Phi) is 7.50. The molecular formula is C30H40F2N6O2. The number of anilines is 1. The zero-order chi connectivity index (χ0) is 28.7. The Morgan fingerprint density at radius 2 is 1.77 bits per heavy atom. The molecule has 1 aromatic carbocycles. The average molecular weight is 555 g/mol. The SMILES string of the molecule is CCN1CCC(CC)(Nc2cc[nH]c(=O)c2C(N)=Nc2ccc3c(c2)CN(C2(C)CCC(F)(F)CC2)C3=O)CC1. The van der Waals surface area contributed by atoms with E-state index in [-0.39, 0.29) is 48.5 Å². The number of nitrogens with two attached hydrogens (primary N) is 1. The molecule has 0 bridgehead atoms. The molecule has 40 heavy (non-hydrogen) atoms. The van der Waals surface area contributed by atoms with Crippen molar-refractivity contribution in [3.05, 3.63) is 57.5 Å². The second-order valence-electron chi connectivity index (χ2n) is 11.9. The maximum Gasteiger partial charge on any atom is 0.261 e. The zero-order valence-electron chi connectivity index (χ0n) is 23.7. The van der Waals surface area contributed by atoms with Gasteiger partial charge >= 0.3 is 0 Å². The average Bonchev–Trinajstić information content (AvgIpc) is 3.27. The first-order chi connectivity index (χ1) is 19.0. The highest BCUT2D eigenvalue weighted by Crippen LogP contribution is 2.44. The number of amidine groups is 1. The summed E-state index contributed by atoms with van der Waals surface area (Å²) in [6.45, 7) is 9.57. The molecular weight excluding hydrogens is 514 g/mol. The molecule has 10 heteroatoms. The van der Waals surface area contributed by atoms with E-state index in [2.05, 4.69) is 34.0 Å². The highest BCUT2D eigenvalue weighted by atomic mass is 19.3.